The molecule has 0 radical (unpaired) electrons. The van der Waals surface area contributed by atoms with Gasteiger partial charge in [0.1, 0.15) is 5.75 Å². The molecular weight excluding hydrogens is 318 g/mol. The predicted molar refractivity (Wildman–Crippen MR) is 90.9 cm³/mol. The van der Waals surface area contributed by atoms with Gasteiger partial charge in [-0.25, -0.2) is 4.98 Å². The van der Waals surface area contributed by atoms with Crippen LogP contribution in [0.25, 0.3) is 0 Å². The van der Waals surface area contributed by atoms with Crippen molar-refractivity contribution in [2.24, 2.45) is 0 Å². The van der Waals surface area contributed by atoms with Crippen molar-refractivity contribution in [3.63, 3.8) is 0 Å². The first-order valence-corrected chi connectivity index (χ1v) is 8.36. The van der Waals surface area contributed by atoms with E-state index in [1.54, 1.807) is 7.11 Å². The standard InChI is InChI=1S/C19H19N3O3/c1-23-18-4-2-3-15(20-18)12-19-21-17(22-25-19)8-6-13-5-7-16-14(11-13)9-10-24-16/h2-5,7,11H,6,8-10,12H2,1H3. The molecule has 0 aliphatic carbocycles. The van der Waals surface area contributed by atoms with Crippen LogP contribution in [-0.2, 0) is 25.7 Å². The highest BCUT2D eigenvalue weighted by atomic mass is 16.5. The molecule has 0 fully saturated rings. The Hall–Kier alpha value is -2.89. The molecule has 1 aromatic carbocycles. The van der Waals surface area contributed by atoms with E-state index in [0.717, 1.165) is 43.1 Å². The molecule has 2 aromatic heterocycles. The zero-order valence-corrected chi connectivity index (χ0v) is 14.1. The van der Waals surface area contributed by atoms with Crippen LogP contribution in [-0.4, -0.2) is 28.8 Å². The lowest BCUT2D eigenvalue weighted by molar-refractivity contribution is 0.357. The van der Waals surface area contributed by atoms with Crippen LogP contribution >= 0.6 is 0 Å². The van der Waals surface area contributed by atoms with Gasteiger partial charge in [-0.05, 0) is 29.7 Å². The van der Waals surface area contributed by atoms with Gasteiger partial charge in [0.25, 0.3) is 0 Å². The molecule has 0 spiro atoms. The van der Waals surface area contributed by atoms with Gasteiger partial charge in [0.15, 0.2) is 5.82 Å². The number of ether oxygens (including phenoxy) is 2. The van der Waals surface area contributed by atoms with Gasteiger partial charge in [-0.2, -0.15) is 4.98 Å². The van der Waals surface area contributed by atoms with Crippen LogP contribution in [0, 0.1) is 0 Å². The van der Waals surface area contributed by atoms with E-state index in [2.05, 4.69) is 27.3 Å². The number of hydrogen-bond acceptors (Lipinski definition) is 6. The molecule has 0 bridgehead atoms. The van der Waals surface area contributed by atoms with Gasteiger partial charge in [-0.1, -0.05) is 23.4 Å². The van der Waals surface area contributed by atoms with Crippen molar-refractivity contribution >= 4 is 0 Å². The van der Waals surface area contributed by atoms with Gasteiger partial charge >= 0.3 is 0 Å². The second-order valence-corrected chi connectivity index (χ2v) is 5.99. The van der Waals surface area contributed by atoms with Crippen molar-refractivity contribution in [3.8, 4) is 11.6 Å². The van der Waals surface area contributed by atoms with E-state index in [9.17, 15) is 0 Å². The average Bonchev–Trinajstić information content (AvgIpc) is 3.28. The first-order chi connectivity index (χ1) is 12.3. The fraction of sp³-hybridized carbons (Fsp3) is 0.316. The fourth-order valence-corrected chi connectivity index (χ4v) is 2.94. The van der Waals surface area contributed by atoms with Gasteiger partial charge in [-0.3, -0.25) is 0 Å². The Balaban J connectivity index is 1.38. The Labute approximate surface area is 145 Å². The van der Waals surface area contributed by atoms with E-state index in [1.165, 1.54) is 11.1 Å². The summed E-state index contributed by atoms with van der Waals surface area (Å²) < 4.78 is 16.0. The number of aryl methyl sites for hydroxylation is 2. The molecule has 25 heavy (non-hydrogen) atoms. The number of rotatable bonds is 6. The van der Waals surface area contributed by atoms with Gasteiger partial charge in [-0.15, -0.1) is 0 Å². The summed E-state index contributed by atoms with van der Waals surface area (Å²) >= 11 is 0. The molecule has 3 aromatic rings. The van der Waals surface area contributed by atoms with E-state index < -0.39 is 0 Å². The molecule has 1 aliphatic rings. The van der Waals surface area contributed by atoms with E-state index in [0.29, 0.717) is 18.2 Å². The summed E-state index contributed by atoms with van der Waals surface area (Å²) in [6.45, 7) is 0.783. The zero-order chi connectivity index (χ0) is 17.1. The Morgan fingerprint density at radius 1 is 1.12 bits per heavy atom. The first-order valence-electron chi connectivity index (χ1n) is 8.36. The molecule has 0 amide bonds. The molecule has 4 rings (SSSR count). The quantitative estimate of drug-likeness (QED) is 0.689. The van der Waals surface area contributed by atoms with Crippen LogP contribution in [0.3, 0.4) is 0 Å². The van der Waals surface area contributed by atoms with Crippen molar-refractivity contribution < 1.29 is 14.0 Å². The van der Waals surface area contributed by atoms with Gasteiger partial charge < -0.3 is 14.0 Å². The second-order valence-electron chi connectivity index (χ2n) is 5.99. The minimum Gasteiger partial charge on any atom is -0.493 e. The number of aromatic nitrogens is 3. The lowest BCUT2D eigenvalue weighted by atomic mass is 10.0. The van der Waals surface area contributed by atoms with Crippen LogP contribution in [0.15, 0.2) is 40.9 Å². The molecule has 128 valence electrons. The Morgan fingerprint density at radius 2 is 2.08 bits per heavy atom. The molecule has 0 atom stereocenters. The third kappa shape index (κ3) is 3.63. The number of nitrogens with zero attached hydrogens (tertiary/aromatic N) is 3. The summed E-state index contributed by atoms with van der Waals surface area (Å²) in [5.41, 5.74) is 3.40. The number of benzene rings is 1. The normalized spacial score (nSPS) is 12.7. The fourth-order valence-electron chi connectivity index (χ4n) is 2.94. The van der Waals surface area contributed by atoms with E-state index in [-0.39, 0.29) is 0 Å². The molecule has 1 aliphatic heterocycles. The maximum atomic E-state index is 5.54. The zero-order valence-electron chi connectivity index (χ0n) is 14.1. The van der Waals surface area contributed by atoms with Crippen molar-refractivity contribution in [1.82, 2.24) is 15.1 Å². The molecule has 0 N–H and O–H groups in total. The number of hydrogen-bond donors (Lipinski definition) is 0. The third-order valence-corrected chi connectivity index (χ3v) is 4.22. The topological polar surface area (TPSA) is 70.3 Å². The molecule has 0 saturated carbocycles. The number of methoxy groups -OCH3 is 1. The second kappa shape index (κ2) is 6.93. The Bertz CT molecular complexity index is 876. The molecule has 0 unspecified atom stereocenters. The summed E-state index contributed by atoms with van der Waals surface area (Å²) in [7, 11) is 1.60. The largest absolute Gasteiger partial charge is 0.493 e. The third-order valence-electron chi connectivity index (χ3n) is 4.22. The average molecular weight is 337 g/mol. The van der Waals surface area contributed by atoms with E-state index in [1.807, 2.05) is 24.3 Å². The summed E-state index contributed by atoms with van der Waals surface area (Å²) in [6, 6.07) is 12.0. The minimum atomic E-state index is 0.500. The SMILES string of the molecule is COc1cccc(Cc2nc(CCc3ccc4c(c3)CCO4)no2)n1. The van der Waals surface area contributed by atoms with Gasteiger partial charge in [0.05, 0.1) is 25.8 Å². The highest BCUT2D eigenvalue weighted by molar-refractivity contribution is 5.39. The number of fused-ring (bicyclic) bond motifs is 1. The first kappa shape index (κ1) is 15.6. The van der Waals surface area contributed by atoms with Crippen molar-refractivity contribution in [3.05, 3.63) is 64.9 Å². The smallest absolute Gasteiger partial charge is 0.232 e. The van der Waals surface area contributed by atoms with Crippen LogP contribution in [0.2, 0.25) is 0 Å². The molecule has 0 saturated heterocycles. The Morgan fingerprint density at radius 3 is 3.00 bits per heavy atom. The minimum absolute atomic E-state index is 0.500. The van der Waals surface area contributed by atoms with Crippen LogP contribution in [0.1, 0.15) is 28.5 Å². The van der Waals surface area contributed by atoms with Crippen molar-refractivity contribution in [2.45, 2.75) is 25.7 Å². The summed E-state index contributed by atoms with van der Waals surface area (Å²) in [6.07, 6.45) is 3.11. The molecule has 3 heterocycles. The van der Waals surface area contributed by atoms with Crippen molar-refractivity contribution in [1.29, 1.82) is 0 Å². The number of pyridine rings is 1. The molecule has 6 heteroatoms. The molecular formula is C19H19N3O3. The van der Waals surface area contributed by atoms with Crippen LogP contribution < -0.4 is 9.47 Å². The maximum absolute atomic E-state index is 5.54. The maximum Gasteiger partial charge on any atom is 0.232 e. The highest BCUT2D eigenvalue weighted by Crippen LogP contribution is 2.26. The lowest BCUT2D eigenvalue weighted by Crippen LogP contribution is -1.97. The van der Waals surface area contributed by atoms with E-state index >= 15 is 0 Å². The van der Waals surface area contributed by atoms with Gasteiger partial charge in [0.2, 0.25) is 11.8 Å². The summed E-state index contributed by atoms with van der Waals surface area (Å²) in [5, 5.41) is 4.07. The van der Waals surface area contributed by atoms with Crippen molar-refractivity contribution in [2.75, 3.05) is 13.7 Å². The predicted octanol–water partition coefficient (Wildman–Crippen LogP) is 2.78. The Kier molecular flexibility index (Phi) is 4.33. The summed E-state index contributed by atoms with van der Waals surface area (Å²) in [4.78, 5) is 8.83. The lowest BCUT2D eigenvalue weighted by Gasteiger charge is -2.02. The highest BCUT2D eigenvalue weighted by Gasteiger charge is 2.13. The van der Waals surface area contributed by atoms with Crippen LogP contribution in [0.4, 0.5) is 0 Å². The summed E-state index contributed by atoms with van der Waals surface area (Å²) in [5.74, 6) is 2.88. The van der Waals surface area contributed by atoms with E-state index in [4.69, 9.17) is 14.0 Å². The van der Waals surface area contributed by atoms with Crippen LogP contribution in [0.5, 0.6) is 11.6 Å². The molecule has 6 nitrogen and oxygen atoms in total. The van der Waals surface area contributed by atoms with Gasteiger partial charge in [0, 0.05) is 18.9 Å². The monoisotopic (exact) mass is 337 g/mol.